The van der Waals surface area contributed by atoms with Crippen molar-refractivity contribution in [3.8, 4) is 0 Å². The third kappa shape index (κ3) is 2.28. The summed E-state index contributed by atoms with van der Waals surface area (Å²) in [6, 6.07) is 0. The van der Waals surface area contributed by atoms with Crippen LogP contribution < -0.4 is 5.32 Å². The smallest absolute Gasteiger partial charge is 0.408 e. The predicted molar refractivity (Wildman–Crippen MR) is 65.4 cm³/mol. The molecule has 3 aliphatic rings. The maximum Gasteiger partial charge on any atom is 0.408 e. The molecule has 0 aromatic rings. The lowest BCUT2D eigenvalue weighted by Gasteiger charge is -2.57. The number of amides is 1. The van der Waals surface area contributed by atoms with E-state index in [2.05, 4.69) is 5.32 Å². The van der Waals surface area contributed by atoms with Crippen molar-refractivity contribution in [3.63, 3.8) is 0 Å². The van der Waals surface area contributed by atoms with Gasteiger partial charge >= 0.3 is 12.1 Å². The first-order valence-electron chi connectivity index (χ1n) is 5.95. The number of hydrogen-bond acceptors (Lipinski definition) is 4. The van der Waals surface area contributed by atoms with E-state index < -0.39 is 17.2 Å². The maximum absolute atomic E-state index is 11.8. The van der Waals surface area contributed by atoms with Crippen molar-refractivity contribution < 1.29 is 19.1 Å². The van der Waals surface area contributed by atoms with Crippen molar-refractivity contribution in [1.29, 1.82) is 0 Å². The average Bonchev–Trinajstić information content (AvgIpc) is 2.16. The predicted octanol–water partition coefficient (Wildman–Crippen LogP) is 1.83. The summed E-state index contributed by atoms with van der Waals surface area (Å²) in [6.07, 6.45) is 0.466. The van der Waals surface area contributed by atoms with Gasteiger partial charge in [-0.3, -0.25) is 0 Å². The summed E-state index contributed by atoms with van der Waals surface area (Å²) < 4.78 is 10.2. The fourth-order valence-corrected chi connectivity index (χ4v) is 2.87. The van der Waals surface area contributed by atoms with Crippen molar-refractivity contribution in [3.05, 3.63) is 0 Å². The van der Waals surface area contributed by atoms with Crippen molar-refractivity contribution in [2.24, 2.45) is 5.41 Å². The van der Waals surface area contributed by atoms with Gasteiger partial charge in [-0.15, -0.1) is 11.6 Å². The molecule has 2 aliphatic heterocycles. The highest BCUT2D eigenvalue weighted by atomic mass is 35.5. The largest absolute Gasteiger partial charge is 0.463 e. The summed E-state index contributed by atoms with van der Waals surface area (Å²) in [5.74, 6) is 0.0400. The molecule has 6 heteroatoms. The molecule has 0 radical (unpaired) electrons. The normalized spacial score (nSPS) is 34.3. The van der Waals surface area contributed by atoms with Crippen LogP contribution in [0.25, 0.3) is 0 Å². The molecule has 2 bridgehead atoms. The molecule has 1 amide bonds. The number of hydrogen-bond donors (Lipinski definition) is 1. The van der Waals surface area contributed by atoms with E-state index in [4.69, 9.17) is 21.1 Å². The number of ether oxygens (including phenoxy) is 2. The van der Waals surface area contributed by atoms with Crippen molar-refractivity contribution >= 4 is 23.7 Å². The number of nitrogens with one attached hydrogen (secondary N) is 1. The number of alkyl halides is 1. The van der Waals surface area contributed by atoms with E-state index in [1.54, 1.807) is 20.8 Å². The summed E-state index contributed by atoms with van der Waals surface area (Å²) in [5.41, 5.74) is -1.70. The molecule has 1 aliphatic carbocycles. The van der Waals surface area contributed by atoms with Gasteiger partial charge in [-0.05, 0) is 33.6 Å². The number of esters is 1. The van der Waals surface area contributed by atoms with Gasteiger partial charge < -0.3 is 14.8 Å². The fourth-order valence-electron chi connectivity index (χ4n) is 2.60. The van der Waals surface area contributed by atoms with Gasteiger partial charge in [0.25, 0.3) is 0 Å². The second-order valence-corrected chi connectivity index (χ2v) is 6.54. The second-order valence-electron chi connectivity index (χ2n) is 6.27. The quantitative estimate of drug-likeness (QED) is 0.617. The third-order valence-electron chi connectivity index (χ3n) is 3.28. The van der Waals surface area contributed by atoms with Crippen LogP contribution in [0.5, 0.6) is 0 Å². The highest BCUT2D eigenvalue weighted by Crippen LogP contribution is 2.53. The van der Waals surface area contributed by atoms with Crippen LogP contribution in [0.1, 0.15) is 33.6 Å². The molecule has 18 heavy (non-hydrogen) atoms. The van der Waals surface area contributed by atoms with E-state index in [0.717, 1.165) is 0 Å². The number of alkyl carbamates (subject to hydrolysis) is 1. The van der Waals surface area contributed by atoms with Gasteiger partial charge in [0.15, 0.2) is 0 Å². The molecule has 102 valence electrons. The van der Waals surface area contributed by atoms with E-state index in [-0.39, 0.29) is 11.4 Å². The molecule has 1 N–H and O–H groups in total. The lowest BCUT2D eigenvalue weighted by atomic mass is 9.57. The molecule has 3 rings (SSSR count). The second kappa shape index (κ2) is 4.02. The highest BCUT2D eigenvalue weighted by molar-refractivity contribution is 6.18. The van der Waals surface area contributed by atoms with Gasteiger partial charge in [-0.1, -0.05) is 0 Å². The Bertz CT molecular complexity index is 382. The lowest BCUT2D eigenvalue weighted by molar-refractivity contribution is -0.189. The van der Waals surface area contributed by atoms with Gasteiger partial charge in [0, 0.05) is 11.3 Å². The summed E-state index contributed by atoms with van der Waals surface area (Å²) in [5, 5.41) is 2.63. The molecule has 0 spiro atoms. The van der Waals surface area contributed by atoms with Crippen LogP contribution in [0.2, 0.25) is 0 Å². The Morgan fingerprint density at radius 3 is 2.61 bits per heavy atom. The Morgan fingerprint density at radius 1 is 1.50 bits per heavy atom. The summed E-state index contributed by atoms with van der Waals surface area (Å²) in [6.45, 7) is 5.65. The first-order valence-corrected chi connectivity index (χ1v) is 6.48. The topological polar surface area (TPSA) is 64.6 Å². The van der Waals surface area contributed by atoms with Crippen molar-refractivity contribution in [2.75, 3.05) is 12.5 Å². The zero-order valence-corrected chi connectivity index (χ0v) is 11.6. The first kappa shape index (κ1) is 13.5. The van der Waals surface area contributed by atoms with Crippen LogP contribution >= 0.6 is 11.6 Å². The van der Waals surface area contributed by atoms with Gasteiger partial charge in [0.2, 0.25) is 0 Å². The molecule has 5 nitrogen and oxygen atoms in total. The van der Waals surface area contributed by atoms with E-state index in [1.807, 2.05) is 0 Å². The summed E-state index contributed by atoms with van der Waals surface area (Å²) in [7, 11) is 0. The molecule has 2 heterocycles. The van der Waals surface area contributed by atoms with Crippen molar-refractivity contribution in [1.82, 2.24) is 5.32 Å². The van der Waals surface area contributed by atoms with Crippen LogP contribution in [-0.4, -0.2) is 35.7 Å². The van der Waals surface area contributed by atoms with E-state index >= 15 is 0 Å². The maximum atomic E-state index is 11.8. The minimum Gasteiger partial charge on any atom is -0.463 e. The minimum atomic E-state index is -0.935. The zero-order chi connectivity index (χ0) is 13.6. The molecule has 0 unspecified atom stereocenters. The lowest BCUT2D eigenvalue weighted by Crippen LogP contribution is -2.72. The van der Waals surface area contributed by atoms with Crippen LogP contribution in [-0.2, 0) is 14.3 Å². The summed E-state index contributed by atoms with van der Waals surface area (Å²) >= 11 is 5.88. The number of carbonyl (C=O) groups excluding carboxylic acids is 2. The fraction of sp³-hybridized carbons (Fsp3) is 0.833. The number of fused-ring (bicyclic) bond motifs is 2. The standard InChI is InChI=1S/C12H18ClNO4/c1-10(2,3)18-9(16)14-12-4-11(5-12,6-13)7-17-8(12)15/h4-7H2,1-3H3,(H,14,16). The van der Waals surface area contributed by atoms with E-state index in [0.29, 0.717) is 25.3 Å². The Hall–Kier alpha value is -0.970. The molecule has 0 aromatic heterocycles. The highest BCUT2D eigenvalue weighted by Gasteiger charge is 2.64. The first-order chi connectivity index (χ1) is 8.20. The molecule has 0 aromatic carbocycles. The zero-order valence-electron chi connectivity index (χ0n) is 10.8. The van der Waals surface area contributed by atoms with E-state index in [1.165, 1.54) is 0 Å². The third-order valence-corrected chi connectivity index (χ3v) is 3.84. The Balaban J connectivity index is 2.01. The molecular weight excluding hydrogens is 258 g/mol. The van der Waals surface area contributed by atoms with Crippen LogP contribution in [0, 0.1) is 5.41 Å². The Labute approximate surface area is 111 Å². The van der Waals surface area contributed by atoms with Crippen LogP contribution in [0.4, 0.5) is 4.79 Å². The van der Waals surface area contributed by atoms with Gasteiger partial charge in [-0.2, -0.15) is 0 Å². The number of carbonyl (C=O) groups is 2. The SMILES string of the molecule is CC(C)(C)OC(=O)NC12CC(CCl)(COC1=O)C2. The van der Waals surface area contributed by atoms with Gasteiger partial charge in [-0.25, -0.2) is 9.59 Å². The minimum absolute atomic E-state index is 0.176. The molecule has 0 atom stereocenters. The molecular formula is C12H18ClNO4. The van der Waals surface area contributed by atoms with Crippen LogP contribution in [0.15, 0.2) is 0 Å². The van der Waals surface area contributed by atoms with E-state index in [9.17, 15) is 9.59 Å². The Kier molecular flexibility index (Phi) is 3.00. The van der Waals surface area contributed by atoms with Gasteiger partial charge in [0.1, 0.15) is 11.1 Å². The number of halogens is 1. The molecule has 3 fully saturated rings. The number of rotatable bonds is 2. The van der Waals surface area contributed by atoms with Crippen LogP contribution in [0.3, 0.4) is 0 Å². The summed E-state index contributed by atoms with van der Waals surface area (Å²) in [4.78, 5) is 23.5. The molecule has 1 saturated carbocycles. The Morgan fingerprint density at radius 2 is 2.11 bits per heavy atom. The average molecular weight is 276 g/mol. The van der Waals surface area contributed by atoms with Crippen molar-refractivity contribution in [2.45, 2.75) is 44.8 Å². The molecule has 2 saturated heterocycles. The monoisotopic (exact) mass is 275 g/mol. The van der Waals surface area contributed by atoms with Gasteiger partial charge in [0.05, 0.1) is 6.61 Å².